The van der Waals surface area contributed by atoms with Gasteiger partial charge in [0.1, 0.15) is 5.82 Å². The lowest BCUT2D eigenvalue weighted by atomic mass is 10.0. The molecule has 174 valence electrons. The topological polar surface area (TPSA) is 39.7 Å². The second kappa shape index (κ2) is 9.82. The van der Waals surface area contributed by atoms with Gasteiger partial charge in [-0.2, -0.15) is 4.37 Å². The second-order valence-corrected chi connectivity index (χ2v) is 10.5. The minimum absolute atomic E-state index is 0.0385. The van der Waals surface area contributed by atoms with Crippen LogP contribution in [0.3, 0.4) is 0 Å². The molecule has 0 aliphatic carbocycles. The van der Waals surface area contributed by atoms with Gasteiger partial charge >= 0.3 is 0 Å². The Labute approximate surface area is 201 Å². The van der Waals surface area contributed by atoms with E-state index in [9.17, 15) is 4.79 Å². The van der Waals surface area contributed by atoms with Crippen molar-refractivity contribution in [1.29, 1.82) is 0 Å². The molecular formula is C27H34N4OS. The molecule has 33 heavy (non-hydrogen) atoms. The van der Waals surface area contributed by atoms with Crippen molar-refractivity contribution in [3.05, 3.63) is 53.6 Å². The Balaban J connectivity index is 1.19. The Morgan fingerprint density at radius 2 is 1.85 bits per heavy atom. The SMILES string of the molecule is CC(C)C(=O)N1CCCCc2cc(CCN3CCN(c4nsc5ccccc45)CC3)ccc21. The zero-order valence-electron chi connectivity index (χ0n) is 19.8. The van der Waals surface area contributed by atoms with Crippen molar-refractivity contribution < 1.29 is 4.79 Å². The number of carbonyl (C=O) groups excluding carboxylic acids is 1. The van der Waals surface area contributed by atoms with Gasteiger partial charge in [0.15, 0.2) is 0 Å². The molecule has 0 radical (unpaired) electrons. The van der Waals surface area contributed by atoms with Crippen LogP contribution in [0.5, 0.6) is 0 Å². The minimum Gasteiger partial charge on any atom is -0.353 e. The highest BCUT2D eigenvalue weighted by molar-refractivity contribution is 7.13. The van der Waals surface area contributed by atoms with Crippen molar-refractivity contribution in [3.63, 3.8) is 0 Å². The summed E-state index contributed by atoms with van der Waals surface area (Å²) >= 11 is 1.60. The quantitative estimate of drug-likeness (QED) is 0.536. The van der Waals surface area contributed by atoms with Gasteiger partial charge in [-0.05, 0) is 66.5 Å². The standard InChI is InChI=1S/C27H34N4OS/c1-20(2)27(32)31-13-6-5-7-22-19-21(10-11-24(22)31)12-14-29-15-17-30(18-16-29)26-23-8-3-4-9-25(23)33-28-26/h3-4,8-11,19-20H,5-7,12-18H2,1-2H3. The lowest BCUT2D eigenvalue weighted by Crippen LogP contribution is -2.47. The summed E-state index contributed by atoms with van der Waals surface area (Å²) in [6, 6.07) is 15.3. The number of rotatable bonds is 5. The van der Waals surface area contributed by atoms with Crippen molar-refractivity contribution in [3.8, 4) is 0 Å². The largest absolute Gasteiger partial charge is 0.353 e. The maximum absolute atomic E-state index is 12.7. The summed E-state index contributed by atoms with van der Waals surface area (Å²) < 4.78 is 6.01. The number of benzene rings is 2. The predicted molar refractivity (Wildman–Crippen MR) is 139 cm³/mol. The van der Waals surface area contributed by atoms with Crippen LogP contribution < -0.4 is 9.80 Å². The molecule has 0 saturated carbocycles. The molecule has 1 aromatic heterocycles. The van der Waals surface area contributed by atoms with Gasteiger partial charge < -0.3 is 9.80 Å². The molecule has 0 spiro atoms. The fraction of sp³-hybridized carbons (Fsp3) is 0.481. The first-order valence-corrected chi connectivity index (χ1v) is 13.1. The molecule has 1 amide bonds. The van der Waals surface area contributed by atoms with Gasteiger partial charge in [0.25, 0.3) is 0 Å². The van der Waals surface area contributed by atoms with E-state index in [0.29, 0.717) is 0 Å². The molecule has 5 rings (SSSR count). The number of hydrogen-bond acceptors (Lipinski definition) is 5. The number of piperazine rings is 1. The van der Waals surface area contributed by atoms with Crippen LogP contribution in [-0.4, -0.2) is 54.4 Å². The van der Waals surface area contributed by atoms with Crippen LogP contribution in [0.4, 0.5) is 11.5 Å². The van der Waals surface area contributed by atoms with Crippen LogP contribution in [0.15, 0.2) is 42.5 Å². The molecule has 0 bridgehead atoms. The number of fused-ring (bicyclic) bond motifs is 2. The van der Waals surface area contributed by atoms with E-state index in [1.165, 1.54) is 21.2 Å². The highest BCUT2D eigenvalue weighted by atomic mass is 32.1. The number of aryl methyl sites for hydroxylation is 1. The summed E-state index contributed by atoms with van der Waals surface area (Å²) in [5.41, 5.74) is 3.87. The monoisotopic (exact) mass is 462 g/mol. The first kappa shape index (κ1) is 22.4. The van der Waals surface area contributed by atoms with E-state index < -0.39 is 0 Å². The first-order valence-electron chi connectivity index (χ1n) is 12.3. The summed E-state index contributed by atoms with van der Waals surface area (Å²) in [6.45, 7) is 10.1. The highest BCUT2D eigenvalue weighted by Gasteiger charge is 2.24. The molecule has 6 heteroatoms. The number of anilines is 2. The maximum atomic E-state index is 12.7. The summed E-state index contributed by atoms with van der Waals surface area (Å²) in [7, 11) is 0. The minimum atomic E-state index is 0.0385. The Kier molecular flexibility index (Phi) is 6.65. The first-order chi connectivity index (χ1) is 16.1. The van der Waals surface area contributed by atoms with Crippen LogP contribution in [0.2, 0.25) is 0 Å². The molecule has 3 aromatic rings. The summed E-state index contributed by atoms with van der Waals surface area (Å²) in [6.07, 6.45) is 4.38. The van der Waals surface area contributed by atoms with Crippen LogP contribution >= 0.6 is 11.5 Å². The molecular weight excluding hydrogens is 428 g/mol. The van der Waals surface area contributed by atoms with E-state index in [1.807, 2.05) is 18.7 Å². The average molecular weight is 463 g/mol. The van der Waals surface area contributed by atoms with E-state index in [4.69, 9.17) is 4.37 Å². The third-order valence-electron chi connectivity index (χ3n) is 7.02. The molecule has 1 saturated heterocycles. The normalized spacial score (nSPS) is 17.4. The smallest absolute Gasteiger partial charge is 0.229 e. The molecule has 0 unspecified atom stereocenters. The van der Waals surface area contributed by atoms with Crippen molar-refractivity contribution in [2.75, 3.05) is 49.1 Å². The van der Waals surface area contributed by atoms with Gasteiger partial charge in [-0.25, -0.2) is 0 Å². The van der Waals surface area contributed by atoms with E-state index in [-0.39, 0.29) is 11.8 Å². The molecule has 2 aliphatic rings. The average Bonchev–Trinajstić information content (AvgIpc) is 3.16. The van der Waals surface area contributed by atoms with E-state index in [0.717, 1.165) is 76.5 Å². The fourth-order valence-electron chi connectivity index (χ4n) is 5.08. The van der Waals surface area contributed by atoms with Crippen LogP contribution in [-0.2, 0) is 17.6 Å². The lowest BCUT2D eigenvalue weighted by molar-refractivity contribution is -0.121. The van der Waals surface area contributed by atoms with Crippen LogP contribution in [0.25, 0.3) is 10.1 Å². The van der Waals surface area contributed by atoms with Gasteiger partial charge in [0.2, 0.25) is 5.91 Å². The highest BCUT2D eigenvalue weighted by Crippen LogP contribution is 2.31. The van der Waals surface area contributed by atoms with Crippen LogP contribution in [0, 0.1) is 5.92 Å². The zero-order valence-corrected chi connectivity index (χ0v) is 20.6. The van der Waals surface area contributed by atoms with E-state index >= 15 is 0 Å². The third-order valence-corrected chi connectivity index (χ3v) is 7.84. The number of hydrogen-bond donors (Lipinski definition) is 0. The van der Waals surface area contributed by atoms with Crippen molar-refractivity contribution in [1.82, 2.24) is 9.27 Å². The summed E-state index contributed by atoms with van der Waals surface area (Å²) in [5.74, 6) is 1.44. The molecule has 3 heterocycles. The molecule has 5 nitrogen and oxygen atoms in total. The Morgan fingerprint density at radius 3 is 2.67 bits per heavy atom. The lowest BCUT2D eigenvalue weighted by Gasteiger charge is -2.35. The van der Waals surface area contributed by atoms with E-state index in [2.05, 4.69) is 52.3 Å². The Bertz CT molecular complexity index is 1120. The predicted octanol–water partition coefficient (Wildman–Crippen LogP) is 4.99. The summed E-state index contributed by atoms with van der Waals surface area (Å²) in [5, 5.41) is 1.28. The molecule has 1 fully saturated rings. The van der Waals surface area contributed by atoms with Gasteiger partial charge in [0.05, 0.1) is 4.70 Å². The number of carbonyl (C=O) groups is 1. The van der Waals surface area contributed by atoms with Crippen molar-refractivity contribution in [2.24, 2.45) is 5.92 Å². The molecule has 0 N–H and O–H groups in total. The van der Waals surface area contributed by atoms with Gasteiger partial charge in [-0.15, -0.1) is 0 Å². The fourth-order valence-corrected chi connectivity index (χ4v) is 5.87. The maximum Gasteiger partial charge on any atom is 0.229 e. The van der Waals surface area contributed by atoms with Crippen LogP contribution in [0.1, 0.15) is 37.8 Å². The third kappa shape index (κ3) is 4.78. The molecule has 2 aromatic carbocycles. The van der Waals surface area contributed by atoms with E-state index in [1.54, 1.807) is 11.5 Å². The Hall–Kier alpha value is -2.44. The summed E-state index contributed by atoms with van der Waals surface area (Å²) in [4.78, 5) is 19.8. The zero-order chi connectivity index (χ0) is 22.8. The molecule has 2 aliphatic heterocycles. The molecule has 0 atom stereocenters. The number of nitrogens with zero attached hydrogens (tertiary/aromatic N) is 4. The van der Waals surface area contributed by atoms with Gasteiger partial charge in [-0.1, -0.05) is 38.1 Å². The van der Waals surface area contributed by atoms with Gasteiger partial charge in [0, 0.05) is 56.3 Å². The second-order valence-electron chi connectivity index (χ2n) is 9.65. The van der Waals surface area contributed by atoms with Crippen molar-refractivity contribution >= 4 is 39.0 Å². The van der Waals surface area contributed by atoms with Gasteiger partial charge in [-0.3, -0.25) is 9.69 Å². The number of aromatic nitrogens is 1. The number of amides is 1. The Morgan fingerprint density at radius 1 is 1.03 bits per heavy atom. The van der Waals surface area contributed by atoms with Crippen molar-refractivity contribution in [2.45, 2.75) is 39.5 Å².